The van der Waals surface area contributed by atoms with E-state index >= 15 is 0 Å². The minimum absolute atomic E-state index is 0.199. The summed E-state index contributed by atoms with van der Waals surface area (Å²) in [5, 5.41) is 0.630. The number of nitrogens with zero attached hydrogens (tertiary/aromatic N) is 5. The van der Waals surface area contributed by atoms with Gasteiger partial charge in [-0.25, -0.2) is 9.18 Å². The second-order valence-electron chi connectivity index (χ2n) is 8.47. The molecule has 2 aromatic carbocycles. The molecule has 4 aromatic rings. The van der Waals surface area contributed by atoms with E-state index in [2.05, 4.69) is 14.8 Å². The van der Waals surface area contributed by atoms with Crippen molar-refractivity contribution in [2.45, 2.75) is 13.1 Å². The molecule has 0 spiro atoms. The zero-order valence-corrected chi connectivity index (χ0v) is 19.4. The molecule has 0 unspecified atom stereocenters. The van der Waals surface area contributed by atoms with Crippen LogP contribution in [-0.4, -0.2) is 50.2 Å². The van der Waals surface area contributed by atoms with Gasteiger partial charge in [0, 0.05) is 50.4 Å². The Morgan fingerprint density at radius 2 is 1.71 bits per heavy atom. The van der Waals surface area contributed by atoms with Crippen molar-refractivity contribution in [1.29, 1.82) is 0 Å². The summed E-state index contributed by atoms with van der Waals surface area (Å²) in [7, 11) is 1.59. The first-order valence-electron chi connectivity index (χ1n) is 11.1. The van der Waals surface area contributed by atoms with Crippen molar-refractivity contribution in [2.75, 3.05) is 31.1 Å². The molecule has 2 aromatic heterocycles. The fraction of sp³-hybridized carbons (Fsp3) is 0.292. The van der Waals surface area contributed by atoms with Crippen LogP contribution in [0.25, 0.3) is 11.2 Å². The SMILES string of the molecule is Cn1c(=O)[nH]c(=O)c2c1nc(N1CCN(Cc3ccccc3F)CC1)n2Cc1ccc(Cl)cc1. The van der Waals surface area contributed by atoms with Gasteiger partial charge in [-0.1, -0.05) is 41.9 Å². The first-order chi connectivity index (χ1) is 16.4. The minimum Gasteiger partial charge on any atom is -0.340 e. The lowest BCUT2D eigenvalue weighted by molar-refractivity contribution is 0.245. The molecule has 34 heavy (non-hydrogen) atoms. The van der Waals surface area contributed by atoms with E-state index in [9.17, 15) is 14.0 Å². The Labute approximate surface area is 199 Å². The Morgan fingerprint density at radius 1 is 1.00 bits per heavy atom. The van der Waals surface area contributed by atoms with Gasteiger partial charge in [0.05, 0.1) is 6.54 Å². The van der Waals surface area contributed by atoms with E-state index in [1.165, 1.54) is 10.6 Å². The molecule has 10 heteroatoms. The van der Waals surface area contributed by atoms with Crippen LogP contribution < -0.4 is 16.1 Å². The summed E-state index contributed by atoms with van der Waals surface area (Å²) in [6, 6.07) is 14.2. The van der Waals surface area contributed by atoms with Gasteiger partial charge >= 0.3 is 5.69 Å². The van der Waals surface area contributed by atoms with E-state index in [-0.39, 0.29) is 5.82 Å². The molecule has 5 rings (SSSR count). The number of rotatable bonds is 5. The van der Waals surface area contributed by atoms with Crippen LogP contribution in [-0.2, 0) is 20.1 Å². The van der Waals surface area contributed by atoms with Crippen molar-refractivity contribution < 1.29 is 4.39 Å². The van der Waals surface area contributed by atoms with Crippen LogP contribution in [0.2, 0.25) is 5.02 Å². The summed E-state index contributed by atoms with van der Waals surface area (Å²) in [6.07, 6.45) is 0. The zero-order valence-electron chi connectivity index (χ0n) is 18.7. The monoisotopic (exact) mass is 482 g/mol. The van der Waals surface area contributed by atoms with E-state index in [4.69, 9.17) is 16.6 Å². The van der Waals surface area contributed by atoms with Crippen LogP contribution >= 0.6 is 11.6 Å². The number of imidazole rings is 1. The van der Waals surface area contributed by atoms with Crippen molar-refractivity contribution in [3.05, 3.63) is 91.3 Å². The Kier molecular flexibility index (Phi) is 5.97. The van der Waals surface area contributed by atoms with Gasteiger partial charge in [-0.15, -0.1) is 0 Å². The summed E-state index contributed by atoms with van der Waals surface area (Å²) in [6.45, 7) is 3.69. The molecule has 0 bridgehead atoms. The number of piperazine rings is 1. The predicted molar refractivity (Wildman–Crippen MR) is 130 cm³/mol. The van der Waals surface area contributed by atoms with E-state index in [1.807, 2.05) is 22.8 Å². The van der Waals surface area contributed by atoms with Crippen molar-refractivity contribution in [1.82, 2.24) is 24.0 Å². The van der Waals surface area contributed by atoms with Crippen LogP contribution in [0, 0.1) is 5.82 Å². The van der Waals surface area contributed by atoms with Gasteiger partial charge in [-0.2, -0.15) is 4.98 Å². The number of anilines is 1. The molecule has 0 saturated carbocycles. The second-order valence-corrected chi connectivity index (χ2v) is 8.91. The van der Waals surface area contributed by atoms with Crippen molar-refractivity contribution in [3.63, 3.8) is 0 Å². The number of nitrogens with one attached hydrogen (secondary N) is 1. The highest BCUT2D eigenvalue weighted by Gasteiger charge is 2.25. The molecule has 176 valence electrons. The van der Waals surface area contributed by atoms with E-state index in [1.54, 1.807) is 31.3 Å². The quantitative estimate of drug-likeness (QED) is 0.473. The van der Waals surface area contributed by atoms with Gasteiger partial charge < -0.3 is 4.90 Å². The Hall–Kier alpha value is -3.43. The first kappa shape index (κ1) is 22.4. The molecule has 8 nitrogen and oxygen atoms in total. The minimum atomic E-state index is -0.505. The normalized spacial score (nSPS) is 14.7. The van der Waals surface area contributed by atoms with Crippen LogP contribution in [0.5, 0.6) is 0 Å². The fourth-order valence-electron chi connectivity index (χ4n) is 4.36. The summed E-state index contributed by atoms with van der Waals surface area (Å²) in [5.41, 5.74) is 1.34. The third-order valence-electron chi connectivity index (χ3n) is 6.25. The summed E-state index contributed by atoms with van der Waals surface area (Å²) < 4.78 is 17.3. The fourth-order valence-corrected chi connectivity index (χ4v) is 4.49. The highest BCUT2D eigenvalue weighted by molar-refractivity contribution is 6.30. The number of H-pyrrole nitrogens is 1. The summed E-state index contributed by atoms with van der Waals surface area (Å²) >= 11 is 6.04. The molecule has 1 aliphatic rings. The molecule has 3 heterocycles. The molecular weight excluding hydrogens is 459 g/mol. The van der Waals surface area contributed by atoms with Crippen LogP contribution in [0.15, 0.2) is 58.1 Å². The second kappa shape index (κ2) is 9.08. The smallest absolute Gasteiger partial charge is 0.329 e. The number of hydrogen-bond donors (Lipinski definition) is 1. The van der Waals surface area contributed by atoms with Gasteiger partial charge in [0.15, 0.2) is 11.2 Å². The van der Waals surface area contributed by atoms with Gasteiger partial charge in [-0.3, -0.25) is 23.8 Å². The lowest BCUT2D eigenvalue weighted by Gasteiger charge is -2.35. The number of hydrogen-bond acceptors (Lipinski definition) is 5. The predicted octanol–water partition coefficient (Wildman–Crippen LogP) is 2.59. The summed E-state index contributed by atoms with van der Waals surface area (Å²) in [5.74, 6) is 0.428. The average Bonchev–Trinajstić information content (AvgIpc) is 3.21. The Morgan fingerprint density at radius 3 is 2.41 bits per heavy atom. The average molecular weight is 483 g/mol. The molecule has 0 radical (unpaired) electrons. The molecular formula is C24H24ClFN6O2. The van der Waals surface area contributed by atoms with Crippen LogP contribution in [0.4, 0.5) is 10.3 Å². The molecule has 1 aliphatic heterocycles. The van der Waals surface area contributed by atoms with Crippen molar-refractivity contribution >= 4 is 28.7 Å². The highest BCUT2D eigenvalue weighted by atomic mass is 35.5. The van der Waals surface area contributed by atoms with Crippen molar-refractivity contribution in [3.8, 4) is 0 Å². The van der Waals surface area contributed by atoms with Gasteiger partial charge in [0.25, 0.3) is 5.56 Å². The van der Waals surface area contributed by atoms with Crippen LogP contribution in [0.1, 0.15) is 11.1 Å². The van der Waals surface area contributed by atoms with Gasteiger partial charge in [0.1, 0.15) is 5.82 Å². The maximum absolute atomic E-state index is 14.1. The van der Waals surface area contributed by atoms with Gasteiger partial charge in [-0.05, 0) is 23.8 Å². The first-order valence-corrected chi connectivity index (χ1v) is 11.4. The maximum Gasteiger partial charge on any atom is 0.329 e. The van der Waals surface area contributed by atoms with E-state index in [0.29, 0.717) is 67.0 Å². The van der Waals surface area contributed by atoms with E-state index < -0.39 is 11.2 Å². The topological polar surface area (TPSA) is 79.2 Å². The molecule has 0 aliphatic carbocycles. The highest BCUT2D eigenvalue weighted by Crippen LogP contribution is 2.23. The largest absolute Gasteiger partial charge is 0.340 e. The third-order valence-corrected chi connectivity index (χ3v) is 6.50. The molecule has 1 N–H and O–H groups in total. The van der Waals surface area contributed by atoms with Crippen LogP contribution in [0.3, 0.4) is 0 Å². The maximum atomic E-state index is 14.1. The Bertz CT molecular complexity index is 1450. The number of halogens is 2. The lowest BCUT2D eigenvalue weighted by atomic mass is 10.2. The van der Waals surface area contributed by atoms with Gasteiger partial charge in [0.2, 0.25) is 5.95 Å². The number of benzene rings is 2. The van der Waals surface area contributed by atoms with E-state index in [0.717, 1.165) is 5.56 Å². The zero-order chi connectivity index (χ0) is 23.8. The number of aromatic nitrogens is 4. The molecule has 1 fully saturated rings. The lowest BCUT2D eigenvalue weighted by Crippen LogP contribution is -2.47. The standard InChI is InChI=1S/C24H24ClFN6O2/c1-29-21-20(22(33)28-24(29)34)32(14-16-6-8-18(25)9-7-16)23(27-21)31-12-10-30(11-13-31)15-17-4-2-3-5-19(17)26/h2-9H,10-15H2,1H3,(H,28,33,34). The number of aryl methyl sites for hydroxylation is 1. The molecule has 0 amide bonds. The molecule has 1 saturated heterocycles. The third kappa shape index (κ3) is 4.24. The number of fused-ring (bicyclic) bond motifs is 1. The molecule has 0 atom stereocenters. The number of aromatic amines is 1. The summed E-state index contributed by atoms with van der Waals surface area (Å²) in [4.78, 5) is 36.4. The van der Waals surface area contributed by atoms with Crippen molar-refractivity contribution in [2.24, 2.45) is 7.05 Å². The Balaban J connectivity index is 1.47.